The van der Waals surface area contributed by atoms with Crippen LogP contribution in [-0.2, 0) is 18.6 Å². The molecule has 1 saturated heterocycles. The Bertz CT molecular complexity index is 1150. The molecule has 3 heterocycles. The van der Waals surface area contributed by atoms with Gasteiger partial charge in [0.2, 0.25) is 0 Å². The van der Waals surface area contributed by atoms with Crippen LogP contribution in [-0.4, -0.2) is 38.3 Å². The standard InChI is InChI=1S/C25H30ClF2N5O/c1-15-11-22(32-31-15)30-21-13-18(25(2,3)34)24(28)20(29-21)12-16-7-9-33(10-8-16)14-17-5-4-6-19(26)23(17)27/h4-6,11,13,16,34H,7-10,12,14H2,1-3H3,(H2,29,30,31,32). The van der Waals surface area contributed by atoms with E-state index in [0.717, 1.165) is 31.6 Å². The number of H-pyrrole nitrogens is 1. The highest BCUT2D eigenvalue weighted by Gasteiger charge is 2.28. The van der Waals surface area contributed by atoms with E-state index in [4.69, 9.17) is 11.6 Å². The van der Waals surface area contributed by atoms with Crippen molar-refractivity contribution in [3.05, 3.63) is 69.5 Å². The average molecular weight is 490 g/mol. The van der Waals surface area contributed by atoms with Crippen LogP contribution in [0.3, 0.4) is 0 Å². The first kappa shape index (κ1) is 24.6. The van der Waals surface area contributed by atoms with Gasteiger partial charge in [0.15, 0.2) is 11.6 Å². The molecule has 0 bridgehead atoms. The average Bonchev–Trinajstić information content (AvgIpc) is 3.18. The van der Waals surface area contributed by atoms with Gasteiger partial charge in [0.25, 0.3) is 0 Å². The molecule has 0 aliphatic carbocycles. The second-order valence-corrected chi connectivity index (χ2v) is 9.98. The number of aliphatic hydroxyl groups is 1. The summed E-state index contributed by atoms with van der Waals surface area (Å²) in [6, 6.07) is 8.42. The Morgan fingerprint density at radius 3 is 2.56 bits per heavy atom. The topological polar surface area (TPSA) is 77.1 Å². The van der Waals surface area contributed by atoms with Crippen LogP contribution in [0.15, 0.2) is 30.3 Å². The third-order valence-corrected chi connectivity index (χ3v) is 6.55. The van der Waals surface area contributed by atoms with Crippen LogP contribution in [0.5, 0.6) is 0 Å². The fourth-order valence-electron chi connectivity index (χ4n) is 4.37. The molecule has 0 amide bonds. The second-order valence-electron chi connectivity index (χ2n) is 9.57. The number of halogens is 3. The van der Waals surface area contributed by atoms with Crippen molar-refractivity contribution in [3.8, 4) is 0 Å². The number of benzene rings is 1. The van der Waals surface area contributed by atoms with E-state index in [-0.39, 0.29) is 22.3 Å². The van der Waals surface area contributed by atoms with E-state index < -0.39 is 11.4 Å². The highest BCUT2D eigenvalue weighted by molar-refractivity contribution is 6.30. The van der Waals surface area contributed by atoms with Gasteiger partial charge in [0, 0.05) is 29.4 Å². The number of rotatable bonds is 7. The van der Waals surface area contributed by atoms with E-state index in [1.54, 1.807) is 32.0 Å². The number of pyridine rings is 1. The first-order valence-electron chi connectivity index (χ1n) is 11.5. The fraction of sp³-hybridized carbons (Fsp3) is 0.440. The Kier molecular flexibility index (Phi) is 7.21. The minimum absolute atomic E-state index is 0.134. The highest BCUT2D eigenvalue weighted by atomic mass is 35.5. The van der Waals surface area contributed by atoms with Crippen LogP contribution < -0.4 is 5.32 Å². The van der Waals surface area contributed by atoms with E-state index in [2.05, 4.69) is 25.4 Å². The molecular formula is C25H30ClF2N5O. The molecule has 2 aromatic heterocycles. The fourth-order valence-corrected chi connectivity index (χ4v) is 4.57. The zero-order chi connectivity index (χ0) is 24.5. The molecule has 0 unspecified atom stereocenters. The summed E-state index contributed by atoms with van der Waals surface area (Å²) in [6.45, 7) is 7.06. The lowest BCUT2D eigenvalue weighted by Crippen LogP contribution is -2.34. The minimum atomic E-state index is -1.36. The molecule has 1 aliphatic heterocycles. The van der Waals surface area contributed by atoms with Crippen molar-refractivity contribution < 1.29 is 13.9 Å². The monoisotopic (exact) mass is 489 g/mol. The number of nitrogens with one attached hydrogen (secondary N) is 2. The maximum absolute atomic E-state index is 15.4. The number of hydrogen-bond acceptors (Lipinski definition) is 5. The molecule has 0 spiro atoms. The van der Waals surface area contributed by atoms with Crippen molar-refractivity contribution in [2.24, 2.45) is 5.92 Å². The largest absolute Gasteiger partial charge is 0.386 e. The van der Waals surface area contributed by atoms with Crippen molar-refractivity contribution >= 4 is 23.2 Å². The molecule has 3 aromatic rings. The normalized spacial score (nSPS) is 15.6. The molecule has 9 heteroatoms. The minimum Gasteiger partial charge on any atom is -0.386 e. The molecule has 1 aliphatic rings. The van der Waals surface area contributed by atoms with Crippen molar-refractivity contribution in [1.29, 1.82) is 0 Å². The van der Waals surface area contributed by atoms with Gasteiger partial charge in [0.1, 0.15) is 11.6 Å². The highest BCUT2D eigenvalue weighted by Crippen LogP contribution is 2.31. The molecule has 34 heavy (non-hydrogen) atoms. The number of aromatic nitrogens is 3. The van der Waals surface area contributed by atoms with Crippen molar-refractivity contribution in [1.82, 2.24) is 20.1 Å². The van der Waals surface area contributed by atoms with Crippen LogP contribution in [0.4, 0.5) is 20.4 Å². The lowest BCUT2D eigenvalue weighted by Gasteiger charge is -2.32. The SMILES string of the molecule is Cc1cc(Nc2cc(C(C)(C)O)c(F)c(CC3CCN(Cc4cccc(Cl)c4F)CC3)n2)n[nH]1. The predicted octanol–water partition coefficient (Wildman–Crippen LogP) is 5.47. The molecular weight excluding hydrogens is 460 g/mol. The van der Waals surface area contributed by atoms with Crippen molar-refractivity contribution in [3.63, 3.8) is 0 Å². The first-order chi connectivity index (χ1) is 16.1. The summed E-state index contributed by atoms with van der Waals surface area (Å²) in [5.74, 6) is 0.410. The molecule has 182 valence electrons. The predicted molar refractivity (Wildman–Crippen MR) is 129 cm³/mol. The Hall–Kier alpha value is -2.55. The van der Waals surface area contributed by atoms with Gasteiger partial charge in [-0.15, -0.1) is 0 Å². The first-order valence-corrected chi connectivity index (χ1v) is 11.8. The number of aryl methyl sites for hydroxylation is 1. The molecule has 3 N–H and O–H groups in total. The smallest absolute Gasteiger partial charge is 0.153 e. The second kappa shape index (κ2) is 9.98. The van der Waals surface area contributed by atoms with Gasteiger partial charge in [-0.25, -0.2) is 13.8 Å². The van der Waals surface area contributed by atoms with Gasteiger partial charge in [-0.05, 0) is 71.2 Å². The van der Waals surface area contributed by atoms with E-state index in [1.165, 1.54) is 6.07 Å². The Morgan fingerprint density at radius 1 is 1.18 bits per heavy atom. The summed E-state index contributed by atoms with van der Waals surface area (Å²) in [5, 5.41) is 20.8. The zero-order valence-electron chi connectivity index (χ0n) is 19.6. The summed E-state index contributed by atoms with van der Waals surface area (Å²) in [7, 11) is 0. The van der Waals surface area contributed by atoms with Gasteiger partial charge >= 0.3 is 0 Å². The molecule has 0 atom stereocenters. The number of anilines is 2. The molecule has 6 nitrogen and oxygen atoms in total. The van der Waals surface area contributed by atoms with Crippen molar-refractivity contribution in [2.45, 2.75) is 52.2 Å². The third kappa shape index (κ3) is 5.74. The maximum Gasteiger partial charge on any atom is 0.153 e. The number of aromatic amines is 1. The number of likely N-dealkylation sites (tertiary alicyclic amines) is 1. The molecule has 1 aromatic carbocycles. The van der Waals surface area contributed by atoms with Crippen LogP contribution in [0.1, 0.15) is 49.2 Å². The van der Waals surface area contributed by atoms with Gasteiger partial charge < -0.3 is 10.4 Å². The van der Waals surface area contributed by atoms with Gasteiger partial charge in [0.05, 0.1) is 16.3 Å². The van der Waals surface area contributed by atoms with Gasteiger partial charge in [-0.2, -0.15) is 5.10 Å². The summed E-state index contributed by atoms with van der Waals surface area (Å²) in [5.41, 5.74) is 0.636. The van der Waals surface area contributed by atoms with Gasteiger partial charge in [-0.3, -0.25) is 10.00 Å². The van der Waals surface area contributed by atoms with E-state index in [9.17, 15) is 9.50 Å². The molecule has 4 rings (SSSR count). The number of piperidine rings is 1. The number of hydrogen-bond donors (Lipinski definition) is 3. The molecule has 1 fully saturated rings. The third-order valence-electron chi connectivity index (χ3n) is 6.26. The summed E-state index contributed by atoms with van der Waals surface area (Å²) >= 11 is 5.90. The zero-order valence-corrected chi connectivity index (χ0v) is 20.4. The van der Waals surface area contributed by atoms with Crippen LogP contribution in [0.2, 0.25) is 5.02 Å². The lowest BCUT2D eigenvalue weighted by atomic mass is 9.89. The van der Waals surface area contributed by atoms with E-state index in [0.29, 0.717) is 35.9 Å². The summed E-state index contributed by atoms with van der Waals surface area (Å²) in [4.78, 5) is 6.71. The summed E-state index contributed by atoms with van der Waals surface area (Å²) in [6.07, 6.45) is 2.15. The van der Waals surface area contributed by atoms with Crippen LogP contribution in [0, 0.1) is 24.5 Å². The molecule has 0 radical (unpaired) electrons. The van der Waals surface area contributed by atoms with Gasteiger partial charge in [-0.1, -0.05) is 23.7 Å². The summed E-state index contributed by atoms with van der Waals surface area (Å²) < 4.78 is 29.6. The Balaban J connectivity index is 1.46. The lowest BCUT2D eigenvalue weighted by molar-refractivity contribution is 0.0741. The quantitative estimate of drug-likeness (QED) is 0.410. The van der Waals surface area contributed by atoms with E-state index in [1.807, 2.05) is 13.0 Å². The van der Waals surface area contributed by atoms with Crippen LogP contribution in [0.25, 0.3) is 0 Å². The Morgan fingerprint density at radius 2 is 1.91 bits per heavy atom. The van der Waals surface area contributed by atoms with E-state index >= 15 is 4.39 Å². The Labute approximate surface area is 203 Å². The number of nitrogens with zero attached hydrogens (tertiary/aromatic N) is 3. The van der Waals surface area contributed by atoms with Crippen molar-refractivity contribution in [2.75, 3.05) is 18.4 Å². The van der Waals surface area contributed by atoms with Crippen LogP contribution >= 0.6 is 11.6 Å². The maximum atomic E-state index is 15.4. The molecule has 0 saturated carbocycles.